The van der Waals surface area contributed by atoms with E-state index in [4.69, 9.17) is 0 Å². The Morgan fingerprint density at radius 1 is 1.26 bits per heavy atom. The summed E-state index contributed by atoms with van der Waals surface area (Å²) in [4.78, 5) is 4.00. The van der Waals surface area contributed by atoms with Crippen molar-refractivity contribution in [1.82, 2.24) is 15.1 Å². The lowest BCUT2D eigenvalue weighted by Gasteiger charge is -2.36. The van der Waals surface area contributed by atoms with Crippen LogP contribution in [0.1, 0.15) is 25.7 Å². The van der Waals surface area contributed by atoms with Crippen molar-refractivity contribution in [3.63, 3.8) is 0 Å². The van der Waals surface area contributed by atoms with Crippen molar-refractivity contribution in [2.75, 3.05) is 7.05 Å². The van der Waals surface area contributed by atoms with Crippen LogP contribution in [0, 0.1) is 0 Å². The minimum atomic E-state index is 0.790. The topological polar surface area (TPSA) is 31.9 Å². The van der Waals surface area contributed by atoms with Gasteiger partial charge in [-0.3, -0.25) is 5.10 Å². The normalized spacial score (nSPS) is 31.1. The Morgan fingerprint density at radius 2 is 2.05 bits per heavy atom. The van der Waals surface area contributed by atoms with Gasteiger partial charge in [-0.15, -0.1) is 11.8 Å². The first-order valence-corrected chi connectivity index (χ1v) is 7.99. The predicted molar refractivity (Wildman–Crippen MR) is 79.5 cm³/mol. The zero-order valence-corrected chi connectivity index (χ0v) is 12.0. The predicted octanol–water partition coefficient (Wildman–Crippen LogP) is 3.28. The van der Waals surface area contributed by atoms with Crippen molar-refractivity contribution >= 4 is 22.7 Å². The summed E-state index contributed by atoms with van der Waals surface area (Å²) in [6.07, 6.45) is 7.41. The Kier molecular flexibility index (Phi) is 2.81. The fraction of sp³-hybridized carbons (Fsp3) is 0.533. The summed E-state index contributed by atoms with van der Waals surface area (Å²) in [7, 11) is 2.31. The summed E-state index contributed by atoms with van der Waals surface area (Å²) < 4.78 is 0. The van der Waals surface area contributed by atoms with E-state index in [2.05, 4.69) is 52.1 Å². The third kappa shape index (κ3) is 2.07. The van der Waals surface area contributed by atoms with Gasteiger partial charge < -0.3 is 4.90 Å². The number of H-pyrrole nitrogens is 1. The van der Waals surface area contributed by atoms with Crippen molar-refractivity contribution < 1.29 is 0 Å². The number of piperidine rings is 1. The Labute approximate surface area is 117 Å². The number of aromatic nitrogens is 2. The van der Waals surface area contributed by atoms with Crippen molar-refractivity contribution in [3.05, 3.63) is 24.4 Å². The molecule has 19 heavy (non-hydrogen) atoms. The van der Waals surface area contributed by atoms with Crippen molar-refractivity contribution in [1.29, 1.82) is 0 Å². The van der Waals surface area contributed by atoms with Crippen molar-refractivity contribution in [3.8, 4) is 0 Å². The average molecular weight is 273 g/mol. The molecule has 0 radical (unpaired) electrons. The highest BCUT2D eigenvalue weighted by atomic mass is 32.2. The minimum absolute atomic E-state index is 0.790. The average Bonchev–Trinajstić information content (AvgIpc) is 2.92. The molecule has 3 atom stereocenters. The second-order valence-electron chi connectivity index (χ2n) is 5.88. The number of fused-ring (bicyclic) bond motifs is 3. The molecular weight excluding hydrogens is 254 g/mol. The number of hydrogen-bond acceptors (Lipinski definition) is 3. The maximum atomic E-state index is 4.09. The van der Waals surface area contributed by atoms with Crippen LogP contribution in [0.25, 0.3) is 10.9 Å². The number of rotatable bonds is 2. The lowest BCUT2D eigenvalue weighted by Crippen LogP contribution is -2.40. The van der Waals surface area contributed by atoms with Gasteiger partial charge in [0.1, 0.15) is 0 Å². The standard InChI is InChI=1S/C15H19N3S/c1-18-11-2-3-12(18)8-14(7-11)19-13-4-5-15-10(6-13)9-16-17-15/h4-6,9,11-12,14H,2-3,7-8H2,1H3,(H,16,17)/t11-,12+,14-. The van der Waals surface area contributed by atoms with Crippen LogP contribution >= 0.6 is 11.8 Å². The van der Waals surface area contributed by atoms with E-state index in [0.29, 0.717) is 0 Å². The largest absolute Gasteiger partial charge is 0.300 e. The number of nitrogens with one attached hydrogen (secondary N) is 1. The van der Waals surface area contributed by atoms with Crippen LogP contribution in [0.2, 0.25) is 0 Å². The number of benzene rings is 1. The van der Waals surface area contributed by atoms with Crippen LogP contribution in [-0.4, -0.2) is 39.5 Å². The van der Waals surface area contributed by atoms with E-state index in [-0.39, 0.29) is 0 Å². The molecule has 1 aromatic heterocycles. The maximum Gasteiger partial charge on any atom is 0.0651 e. The Morgan fingerprint density at radius 3 is 2.84 bits per heavy atom. The molecule has 2 saturated heterocycles. The molecule has 0 spiro atoms. The molecule has 2 bridgehead atoms. The SMILES string of the molecule is CN1[C@@H]2CC[C@H]1C[C@H](Sc1ccc3[nH]ncc3c1)C2. The van der Waals surface area contributed by atoms with Gasteiger partial charge in [0, 0.05) is 27.6 Å². The number of nitrogens with zero attached hydrogens (tertiary/aromatic N) is 2. The van der Waals surface area contributed by atoms with E-state index < -0.39 is 0 Å². The Bertz CT molecular complexity index is 580. The maximum absolute atomic E-state index is 4.09. The molecule has 100 valence electrons. The summed E-state index contributed by atoms with van der Waals surface area (Å²) in [5, 5.41) is 9.12. The number of aromatic amines is 1. The first-order chi connectivity index (χ1) is 9.29. The molecule has 1 aromatic carbocycles. The quantitative estimate of drug-likeness (QED) is 0.911. The summed E-state index contributed by atoms with van der Waals surface area (Å²) in [5.74, 6) is 0. The summed E-state index contributed by atoms with van der Waals surface area (Å²) in [6, 6.07) is 8.30. The molecule has 3 nitrogen and oxygen atoms in total. The summed E-state index contributed by atoms with van der Waals surface area (Å²) in [5.41, 5.74) is 1.13. The molecule has 1 N–H and O–H groups in total. The van der Waals surface area contributed by atoms with Crippen LogP contribution in [0.5, 0.6) is 0 Å². The van der Waals surface area contributed by atoms with Gasteiger partial charge in [-0.2, -0.15) is 5.10 Å². The van der Waals surface area contributed by atoms with Crippen LogP contribution in [0.15, 0.2) is 29.3 Å². The van der Waals surface area contributed by atoms with Gasteiger partial charge in [0.25, 0.3) is 0 Å². The number of hydrogen-bond donors (Lipinski definition) is 1. The minimum Gasteiger partial charge on any atom is -0.300 e. The molecule has 0 saturated carbocycles. The van der Waals surface area contributed by atoms with Gasteiger partial charge >= 0.3 is 0 Å². The third-order valence-corrected chi connectivity index (χ3v) is 6.01. The van der Waals surface area contributed by atoms with Gasteiger partial charge in [0.15, 0.2) is 0 Å². The summed E-state index contributed by atoms with van der Waals surface area (Å²) in [6.45, 7) is 0. The molecular formula is C15H19N3S. The van der Waals surface area contributed by atoms with Gasteiger partial charge in [-0.1, -0.05) is 0 Å². The molecule has 4 heteroatoms. The first kappa shape index (κ1) is 11.8. The third-order valence-electron chi connectivity index (χ3n) is 4.77. The van der Waals surface area contributed by atoms with E-state index >= 15 is 0 Å². The molecule has 2 aliphatic rings. The van der Waals surface area contributed by atoms with E-state index in [1.54, 1.807) is 0 Å². The lowest BCUT2D eigenvalue weighted by atomic mass is 10.0. The highest BCUT2D eigenvalue weighted by Crippen LogP contribution is 2.41. The van der Waals surface area contributed by atoms with E-state index in [9.17, 15) is 0 Å². The second kappa shape index (κ2) is 4.53. The smallest absolute Gasteiger partial charge is 0.0651 e. The molecule has 2 aromatic rings. The molecule has 2 aliphatic heterocycles. The molecule has 3 heterocycles. The molecule has 0 unspecified atom stereocenters. The molecule has 0 amide bonds. The number of thioether (sulfide) groups is 1. The fourth-order valence-electron chi connectivity index (χ4n) is 3.64. The Hall–Kier alpha value is -1.00. The van der Waals surface area contributed by atoms with Crippen LogP contribution < -0.4 is 0 Å². The van der Waals surface area contributed by atoms with Crippen molar-refractivity contribution in [2.24, 2.45) is 0 Å². The van der Waals surface area contributed by atoms with Gasteiger partial charge in [0.2, 0.25) is 0 Å². The molecule has 0 aliphatic carbocycles. The van der Waals surface area contributed by atoms with E-state index in [1.807, 2.05) is 6.20 Å². The van der Waals surface area contributed by atoms with Crippen LogP contribution in [0.3, 0.4) is 0 Å². The molecule has 2 fully saturated rings. The molecule has 4 rings (SSSR count). The van der Waals surface area contributed by atoms with Crippen molar-refractivity contribution in [2.45, 2.75) is 47.9 Å². The second-order valence-corrected chi connectivity index (χ2v) is 7.25. The summed E-state index contributed by atoms with van der Waals surface area (Å²) >= 11 is 2.06. The van der Waals surface area contributed by atoms with E-state index in [1.165, 1.54) is 36.0 Å². The van der Waals surface area contributed by atoms with E-state index in [0.717, 1.165) is 22.9 Å². The lowest BCUT2D eigenvalue weighted by molar-refractivity contribution is 0.183. The van der Waals surface area contributed by atoms with Crippen LogP contribution in [0.4, 0.5) is 0 Å². The van der Waals surface area contributed by atoms with Gasteiger partial charge in [-0.25, -0.2) is 0 Å². The van der Waals surface area contributed by atoms with Gasteiger partial charge in [-0.05, 0) is 50.9 Å². The highest BCUT2D eigenvalue weighted by Gasteiger charge is 2.38. The fourth-order valence-corrected chi connectivity index (χ4v) is 5.01. The first-order valence-electron chi connectivity index (χ1n) is 7.11. The zero-order valence-electron chi connectivity index (χ0n) is 11.2. The van der Waals surface area contributed by atoms with Gasteiger partial charge in [0.05, 0.1) is 11.7 Å². The highest BCUT2D eigenvalue weighted by molar-refractivity contribution is 8.00. The monoisotopic (exact) mass is 273 g/mol. The van der Waals surface area contributed by atoms with Crippen LogP contribution in [-0.2, 0) is 0 Å². The Balaban J connectivity index is 1.52. The zero-order chi connectivity index (χ0) is 12.8.